The largest absolute Gasteiger partial charge is 0.347 e. The topological polar surface area (TPSA) is 32.3 Å². The molecule has 0 saturated carbocycles. The molecule has 1 aromatic heterocycles. The molecule has 2 fully saturated rings. The molecule has 2 aliphatic rings. The molecule has 3 heterocycles. The van der Waals surface area contributed by atoms with Crippen molar-refractivity contribution >= 4 is 16.5 Å². The summed E-state index contributed by atoms with van der Waals surface area (Å²) in [7, 11) is 0. The first-order valence-electron chi connectivity index (χ1n) is 9.14. The van der Waals surface area contributed by atoms with Crippen LogP contribution in [0.25, 0.3) is 10.6 Å². The van der Waals surface area contributed by atoms with Crippen molar-refractivity contribution in [2.45, 2.75) is 44.6 Å². The number of likely N-dealkylation sites (tertiary alicyclic amines) is 1. The Balaban J connectivity index is 1.42. The monoisotopic (exact) mass is 342 g/mol. The van der Waals surface area contributed by atoms with Gasteiger partial charge in [0.2, 0.25) is 5.13 Å². The van der Waals surface area contributed by atoms with Crippen LogP contribution in [-0.2, 0) is 0 Å². The zero-order valence-corrected chi connectivity index (χ0v) is 15.3. The molecule has 1 aromatic carbocycles. The highest BCUT2D eigenvalue weighted by Crippen LogP contribution is 2.35. The molecule has 4 nitrogen and oxygen atoms in total. The first-order chi connectivity index (χ1) is 11.7. The van der Waals surface area contributed by atoms with Crippen LogP contribution in [0.15, 0.2) is 30.3 Å². The van der Waals surface area contributed by atoms with Gasteiger partial charge in [-0.1, -0.05) is 48.1 Å². The smallest absolute Gasteiger partial charge is 0.208 e. The molecule has 0 atom stereocenters. The van der Waals surface area contributed by atoms with Gasteiger partial charge in [0.05, 0.1) is 0 Å². The van der Waals surface area contributed by atoms with Crippen LogP contribution in [-0.4, -0.2) is 46.8 Å². The summed E-state index contributed by atoms with van der Waals surface area (Å²) in [5.74, 6) is 0. The van der Waals surface area contributed by atoms with Crippen molar-refractivity contribution < 1.29 is 0 Å². The molecule has 0 N–H and O–H groups in total. The number of nitrogens with zero attached hydrogens (tertiary/aromatic N) is 4. The maximum absolute atomic E-state index is 4.46. The van der Waals surface area contributed by atoms with Crippen LogP contribution >= 0.6 is 11.3 Å². The SMILES string of the molecule is CC1(N2CCCCC2)CCN(c2nnc(-c3ccccc3)s2)CC1. The average molecular weight is 343 g/mol. The van der Waals surface area contributed by atoms with Gasteiger partial charge >= 0.3 is 0 Å². The third-order valence-corrected chi connectivity index (χ3v) is 6.70. The van der Waals surface area contributed by atoms with Crippen LogP contribution in [0.1, 0.15) is 39.0 Å². The summed E-state index contributed by atoms with van der Waals surface area (Å²) < 4.78 is 0. The van der Waals surface area contributed by atoms with E-state index in [0.717, 1.165) is 28.8 Å². The minimum atomic E-state index is 0.379. The standard InChI is InChI=1S/C19H26N4S/c1-19(23-12-6-3-7-13-23)10-14-22(15-11-19)18-21-20-17(24-18)16-8-4-2-5-9-16/h2,4-5,8-9H,3,6-7,10-15H2,1H3. The molecule has 128 valence electrons. The Labute approximate surface area is 148 Å². The van der Waals surface area contributed by atoms with E-state index in [1.807, 2.05) is 6.07 Å². The van der Waals surface area contributed by atoms with Gasteiger partial charge in [0.15, 0.2) is 0 Å². The van der Waals surface area contributed by atoms with Gasteiger partial charge in [-0.05, 0) is 45.7 Å². The highest BCUT2D eigenvalue weighted by molar-refractivity contribution is 7.18. The van der Waals surface area contributed by atoms with Gasteiger partial charge in [-0.2, -0.15) is 0 Å². The van der Waals surface area contributed by atoms with Gasteiger partial charge < -0.3 is 4.90 Å². The van der Waals surface area contributed by atoms with Gasteiger partial charge in [0.1, 0.15) is 5.01 Å². The van der Waals surface area contributed by atoms with E-state index < -0.39 is 0 Å². The van der Waals surface area contributed by atoms with Crippen molar-refractivity contribution in [3.8, 4) is 10.6 Å². The quantitative estimate of drug-likeness (QED) is 0.842. The van der Waals surface area contributed by atoms with Crippen molar-refractivity contribution in [1.29, 1.82) is 0 Å². The lowest BCUT2D eigenvalue weighted by Gasteiger charge is -2.48. The predicted octanol–water partition coefficient (Wildman–Crippen LogP) is 4.05. The summed E-state index contributed by atoms with van der Waals surface area (Å²) in [5.41, 5.74) is 1.54. The van der Waals surface area contributed by atoms with Crippen LogP contribution in [0.3, 0.4) is 0 Å². The average Bonchev–Trinajstić information content (AvgIpc) is 3.14. The van der Waals surface area contributed by atoms with E-state index in [-0.39, 0.29) is 0 Å². The van der Waals surface area contributed by atoms with E-state index in [4.69, 9.17) is 0 Å². The molecule has 0 radical (unpaired) electrons. The van der Waals surface area contributed by atoms with Gasteiger partial charge in [0, 0.05) is 24.2 Å². The highest BCUT2D eigenvalue weighted by Gasteiger charge is 2.36. The van der Waals surface area contributed by atoms with E-state index in [9.17, 15) is 0 Å². The fourth-order valence-electron chi connectivity index (χ4n) is 3.97. The van der Waals surface area contributed by atoms with Gasteiger partial charge in [-0.25, -0.2) is 0 Å². The molecule has 0 amide bonds. The molecule has 0 unspecified atom stereocenters. The Morgan fingerprint density at radius 2 is 1.62 bits per heavy atom. The minimum Gasteiger partial charge on any atom is -0.347 e. The second kappa shape index (κ2) is 6.81. The Bertz CT molecular complexity index is 655. The first kappa shape index (κ1) is 16.0. The molecule has 5 heteroatoms. The fourth-order valence-corrected chi connectivity index (χ4v) is 4.87. The summed E-state index contributed by atoms with van der Waals surface area (Å²) in [4.78, 5) is 5.17. The Morgan fingerprint density at radius 1 is 0.917 bits per heavy atom. The number of piperidine rings is 2. The second-order valence-corrected chi connectivity index (χ2v) is 8.24. The van der Waals surface area contributed by atoms with Crippen LogP contribution in [0.4, 0.5) is 5.13 Å². The van der Waals surface area contributed by atoms with Crippen molar-refractivity contribution in [2.75, 3.05) is 31.1 Å². The summed E-state index contributed by atoms with van der Waals surface area (Å²) in [6, 6.07) is 10.4. The lowest BCUT2D eigenvalue weighted by atomic mass is 9.86. The number of hydrogen-bond acceptors (Lipinski definition) is 5. The van der Waals surface area contributed by atoms with Crippen LogP contribution in [0.5, 0.6) is 0 Å². The molecule has 24 heavy (non-hydrogen) atoms. The first-order valence-corrected chi connectivity index (χ1v) is 9.95. The molecule has 0 bridgehead atoms. The van der Waals surface area contributed by atoms with E-state index in [0.29, 0.717) is 5.54 Å². The molecule has 2 aliphatic heterocycles. The number of anilines is 1. The maximum Gasteiger partial charge on any atom is 0.208 e. The summed E-state index contributed by atoms with van der Waals surface area (Å²) in [5, 5.41) is 11.0. The number of aromatic nitrogens is 2. The zero-order valence-electron chi connectivity index (χ0n) is 14.4. The van der Waals surface area contributed by atoms with E-state index in [1.165, 1.54) is 45.2 Å². The van der Waals surface area contributed by atoms with E-state index in [2.05, 4.69) is 51.2 Å². The second-order valence-electron chi connectivity index (χ2n) is 7.29. The Morgan fingerprint density at radius 3 is 2.33 bits per heavy atom. The zero-order chi connectivity index (χ0) is 16.4. The predicted molar refractivity (Wildman–Crippen MR) is 101 cm³/mol. The summed E-state index contributed by atoms with van der Waals surface area (Å²) >= 11 is 1.72. The van der Waals surface area contributed by atoms with Crippen LogP contribution in [0, 0.1) is 0 Å². The molecule has 2 saturated heterocycles. The summed E-state index contributed by atoms with van der Waals surface area (Å²) in [6.45, 7) is 7.22. The summed E-state index contributed by atoms with van der Waals surface area (Å²) in [6.07, 6.45) is 6.61. The lowest BCUT2D eigenvalue weighted by Crippen LogP contribution is -2.55. The molecule has 0 aliphatic carbocycles. The molecule has 2 aromatic rings. The number of hydrogen-bond donors (Lipinski definition) is 0. The van der Waals surface area contributed by atoms with Gasteiger partial charge in [0.25, 0.3) is 0 Å². The van der Waals surface area contributed by atoms with Gasteiger partial charge in [-0.15, -0.1) is 10.2 Å². The molecule has 0 spiro atoms. The third-order valence-electron chi connectivity index (χ3n) is 5.67. The Hall–Kier alpha value is -1.46. The molecular weight excluding hydrogens is 316 g/mol. The molecular formula is C19H26N4S. The van der Waals surface area contributed by atoms with Crippen molar-refractivity contribution in [3.05, 3.63) is 30.3 Å². The Kier molecular flexibility index (Phi) is 4.55. The van der Waals surface area contributed by atoms with Crippen molar-refractivity contribution in [1.82, 2.24) is 15.1 Å². The molecule has 4 rings (SSSR count). The van der Waals surface area contributed by atoms with Gasteiger partial charge in [-0.3, -0.25) is 4.90 Å². The van der Waals surface area contributed by atoms with E-state index in [1.54, 1.807) is 11.3 Å². The third kappa shape index (κ3) is 3.20. The number of rotatable bonds is 3. The number of benzene rings is 1. The maximum atomic E-state index is 4.46. The van der Waals surface area contributed by atoms with Crippen molar-refractivity contribution in [3.63, 3.8) is 0 Å². The van der Waals surface area contributed by atoms with Crippen LogP contribution in [0.2, 0.25) is 0 Å². The van der Waals surface area contributed by atoms with Crippen molar-refractivity contribution in [2.24, 2.45) is 0 Å². The minimum absolute atomic E-state index is 0.379. The van der Waals surface area contributed by atoms with Crippen LogP contribution < -0.4 is 4.90 Å². The fraction of sp³-hybridized carbons (Fsp3) is 0.579. The normalized spacial score (nSPS) is 21.8. The van der Waals surface area contributed by atoms with E-state index >= 15 is 0 Å². The highest BCUT2D eigenvalue weighted by atomic mass is 32.1. The lowest BCUT2D eigenvalue weighted by molar-refractivity contribution is 0.0593.